The molecule has 0 aliphatic carbocycles. The molecule has 0 aromatic carbocycles. The third-order valence-corrected chi connectivity index (χ3v) is 3.65. The molecule has 4 heteroatoms. The summed E-state index contributed by atoms with van der Waals surface area (Å²) in [6.45, 7) is 5.06. The van der Waals surface area contributed by atoms with Crippen molar-refractivity contribution in [3.05, 3.63) is 17.5 Å². The Morgan fingerprint density at radius 1 is 1.64 bits per heavy atom. The van der Waals surface area contributed by atoms with Crippen molar-refractivity contribution in [2.24, 2.45) is 0 Å². The van der Waals surface area contributed by atoms with E-state index in [1.165, 1.54) is 11.5 Å². The van der Waals surface area contributed by atoms with E-state index < -0.39 is 0 Å². The largest absolute Gasteiger partial charge is 0.360 e. The summed E-state index contributed by atoms with van der Waals surface area (Å²) in [4.78, 5) is 0. The zero-order valence-corrected chi connectivity index (χ0v) is 9.43. The van der Waals surface area contributed by atoms with Crippen molar-refractivity contribution in [3.8, 4) is 0 Å². The third kappa shape index (κ3) is 2.30. The fourth-order valence-corrected chi connectivity index (χ4v) is 1.99. The van der Waals surface area contributed by atoms with Gasteiger partial charge in [-0.15, -0.1) is 0 Å². The number of rotatable bonds is 4. The van der Waals surface area contributed by atoms with Crippen molar-refractivity contribution in [2.45, 2.75) is 32.4 Å². The lowest BCUT2D eigenvalue weighted by Crippen LogP contribution is -2.39. The predicted molar refractivity (Wildman–Crippen MR) is 58.5 cm³/mol. The molecule has 3 nitrogen and oxygen atoms in total. The zero-order chi connectivity index (χ0) is 9.97. The van der Waals surface area contributed by atoms with Crippen LogP contribution in [-0.4, -0.2) is 22.7 Å². The van der Waals surface area contributed by atoms with Crippen LogP contribution in [0.15, 0.2) is 10.6 Å². The molecule has 78 valence electrons. The monoisotopic (exact) mass is 212 g/mol. The van der Waals surface area contributed by atoms with Gasteiger partial charge in [-0.2, -0.15) is 11.8 Å². The molecule has 1 fully saturated rings. The van der Waals surface area contributed by atoms with E-state index in [2.05, 4.69) is 24.3 Å². The number of nitrogens with zero attached hydrogens (tertiary/aromatic N) is 1. The number of hydrogen-bond acceptors (Lipinski definition) is 4. The number of aromatic nitrogens is 1. The minimum Gasteiger partial charge on any atom is -0.360 e. The quantitative estimate of drug-likeness (QED) is 0.828. The topological polar surface area (TPSA) is 38.1 Å². The summed E-state index contributed by atoms with van der Waals surface area (Å²) in [5.41, 5.74) is 1.05. The van der Waals surface area contributed by atoms with Crippen molar-refractivity contribution in [1.29, 1.82) is 0 Å². The SMILES string of the molecule is CC(C)c1cc(CNC2CSC2)on1. The average Bonchev–Trinajstić information content (AvgIpc) is 2.50. The van der Waals surface area contributed by atoms with Gasteiger partial charge in [0.2, 0.25) is 0 Å². The van der Waals surface area contributed by atoms with E-state index in [1.807, 2.05) is 17.8 Å². The Balaban J connectivity index is 1.83. The number of thioether (sulfide) groups is 1. The molecular weight excluding hydrogens is 196 g/mol. The first-order chi connectivity index (χ1) is 6.75. The highest BCUT2D eigenvalue weighted by atomic mass is 32.2. The Hall–Kier alpha value is -0.480. The lowest BCUT2D eigenvalue weighted by molar-refractivity contribution is 0.360. The predicted octanol–water partition coefficient (Wildman–Crippen LogP) is 2.00. The molecule has 0 bridgehead atoms. The Labute approximate surface area is 88.6 Å². The van der Waals surface area contributed by atoms with Crippen molar-refractivity contribution in [1.82, 2.24) is 10.5 Å². The van der Waals surface area contributed by atoms with Crippen molar-refractivity contribution >= 4 is 11.8 Å². The molecular formula is C10H16N2OS. The molecule has 14 heavy (non-hydrogen) atoms. The summed E-state index contributed by atoms with van der Waals surface area (Å²) in [5.74, 6) is 3.86. The van der Waals surface area contributed by atoms with Gasteiger partial charge in [-0.25, -0.2) is 0 Å². The molecule has 1 aliphatic heterocycles. The number of nitrogens with one attached hydrogen (secondary N) is 1. The third-order valence-electron chi connectivity index (χ3n) is 2.37. The second kappa shape index (κ2) is 4.36. The van der Waals surface area contributed by atoms with Crippen molar-refractivity contribution in [2.75, 3.05) is 11.5 Å². The fourth-order valence-electron chi connectivity index (χ4n) is 1.28. The van der Waals surface area contributed by atoms with Gasteiger partial charge >= 0.3 is 0 Å². The highest BCUT2D eigenvalue weighted by molar-refractivity contribution is 8.00. The summed E-state index contributed by atoms with van der Waals surface area (Å²) < 4.78 is 5.23. The van der Waals surface area contributed by atoms with E-state index in [0.717, 1.165) is 18.0 Å². The molecule has 0 spiro atoms. The van der Waals surface area contributed by atoms with E-state index in [4.69, 9.17) is 4.52 Å². The molecule has 1 aromatic rings. The maximum absolute atomic E-state index is 5.23. The van der Waals surface area contributed by atoms with Gasteiger partial charge in [-0.3, -0.25) is 0 Å². The van der Waals surface area contributed by atoms with Gasteiger partial charge in [0.25, 0.3) is 0 Å². The molecule has 2 rings (SSSR count). The average molecular weight is 212 g/mol. The minimum absolute atomic E-state index is 0.451. The molecule has 2 heterocycles. The van der Waals surface area contributed by atoms with Crippen LogP contribution in [0.5, 0.6) is 0 Å². The van der Waals surface area contributed by atoms with Gasteiger partial charge in [0.05, 0.1) is 12.2 Å². The second-order valence-electron chi connectivity index (χ2n) is 3.99. The molecule has 1 aliphatic rings. The Bertz CT molecular complexity index is 294. The maximum atomic E-state index is 5.23. The summed E-state index contributed by atoms with van der Waals surface area (Å²) in [5, 5.41) is 7.45. The highest BCUT2D eigenvalue weighted by Gasteiger charge is 2.17. The van der Waals surface area contributed by atoms with Crippen LogP contribution in [0.3, 0.4) is 0 Å². The zero-order valence-electron chi connectivity index (χ0n) is 8.62. The molecule has 0 radical (unpaired) electrons. The van der Waals surface area contributed by atoms with E-state index in [9.17, 15) is 0 Å². The first-order valence-corrected chi connectivity index (χ1v) is 6.18. The summed E-state index contributed by atoms with van der Waals surface area (Å²) in [6, 6.07) is 2.72. The van der Waals surface area contributed by atoms with Gasteiger partial charge in [-0.05, 0) is 5.92 Å². The normalized spacial score (nSPS) is 17.4. The number of hydrogen-bond donors (Lipinski definition) is 1. The van der Waals surface area contributed by atoms with Crippen LogP contribution < -0.4 is 5.32 Å². The van der Waals surface area contributed by atoms with Crippen molar-refractivity contribution < 1.29 is 4.52 Å². The molecule has 0 atom stereocenters. The standard InChI is InChI=1S/C10H16N2OS/c1-7(2)10-3-9(13-12-10)4-11-8-5-14-6-8/h3,7-8,11H,4-6H2,1-2H3. The Kier molecular flexibility index (Phi) is 3.13. The molecule has 0 unspecified atom stereocenters. The van der Waals surface area contributed by atoms with Gasteiger partial charge in [0, 0.05) is 23.6 Å². The van der Waals surface area contributed by atoms with Gasteiger partial charge in [0.1, 0.15) is 0 Å². The summed E-state index contributed by atoms with van der Waals surface area (Å²) in [6.07, 6.45) is 0. The second-order valence-corrected chi connectivity index (χ2v) is 5.06. The highest BCUT2D eigenvalue weighted by Crippen LogP contribution is 2.18. The molecule has 0 amide bonds. The van der Waals surface area contributed by atoms with E-state index >= 15 is 0 Å². The molecule has 1 N–H and O–H groups in total. The van der Waals surface area contributed by atoms with E-state index in [1.54, 1.807) is 0 Å². The molecule has 1 saturated heterocycles. The van der Waals surface area contributed by atoms with Gasteiger partial charge in [-0.1, -0.05) is 19.0 Å². The van der Waals surface area contributed by atoms with Crippen LogP contribution in [0, 0.1) is 0 Å². The van der Waals surface area contributed by atoms with E-state index in [-0.39, 0.29) is 0 Å². The van der Waals surface area contributed by atoms with Crippen LogP contribution in [0.1, 0.15) is 31.2 Å². The van der Waals surface area contributed by atoms with Crippen LogP contribution in [-0.2, 0) is 6.54 Å². The minimum atomic E-state index is 0.451. The maximum Gasteiger partial charge on any atom is 0.150 e. The smallest absolute Gasteiger partial charge is 0.150 e. The first-order valence-electron chi connectivity index (χ1n) is 5.02. The summed E-state index contributed by atoms with van der Waals surface area (Å²) in [7, 11) is 0. The van der Waals surface area contributed by atoms with Crippen molar-refractivity contribution in [3.63, 3.8) is 0 Å². The summed E-state index contributed by atoms with van der Waals surface area (Å²) >= 11 is 1.98. The van der Waals surface area contributed by atoms with Crippen LogP contribution in [0.2, 0.25) is 0 Å². The van der Waals surface area contributed by atoms with Gasteiger partial charge < -0.3 is 9.84 Å². The lowest BCUT2D eigenvalue weighted by atomic mass is 10.1. The fraction of sp³-hybridized carbons (Fsp3) is 0.700. The van der Waals surface area contributed by atoms with E-state index in [0.29, 0.717) is 12.0 Å². The first kappa shape index (κ1) is 10.1. The van der Waals surface area contributed by atoms with Crippen LogP contribution in [0.4, 0.5) is 0 Å². The van der Waals surface area contributed by atoms with Crippen LogP contribution in [0.25, 0.3) is 0 Å². The Morgan fingerprint density at radius 2 is 2.43 bits per heavy atom. The lowest BCUT2D eigenvalue weighted by Gasteiger charge is -2.25. The van der Waals surface area contributed by atoms with Crippen LogP contribution >= 0.6 is 11.8 Å². The Morgan fingerprint density at radius 3 is 2.93 bits per heavy atom. The molecule has 1 aromatic heterocycles. The van der Waals surface area contributed by atoms with Gasteiger partial charge in [0.15, 0.2) is 5.76 Å². The molecule has 0 saturated carbocycles.